The minimum atomic E-state index is -5.04. The fraction of sp³-hybridized carbons (Fsp3) is 0.233. The van der Waals surface area contributed by atoms with Gasteiger partial charge in [-0.2, -0.15) is 13.2 Å². The van der Waals surface area contributed by atoms with E-state index in [1.807, 2.05) is 0 Å². The number of rotatable bonds is 9. The number of ether oxygens (including phenoxy) is 2. The Hall–Kier alpha value is -4.42. The summed E-state index contributed by atoms with van der Waals surface area (Å²) in [5.41, 5.74) is -1.48. The number of halogens is 9. The SMILES string of the molecule is Cc1cc(C(F)(F)F)cc(NCC(Cc2ccccc2)(c2cccc(OC(F)(F)F)c2)c2cccc(OC(F)(F)F)c2)n1. The number of benzene rings is 3. The van der Waals surface area contributed by atoms with E-state index in [2.05, 4.69) is 19.8 Å². The van der Waals surface area contributed by atoms with E-state index in [1.54, 1.807) is 30.3 Å². The average molecular weight is 615 g/mol. The molecular formula is C30H23F9N2O2. The van der Waals surface area contributed by atoms with Crippen molar-refractivity contribution in [2.75, 3.05) is 11.9 Å². The van der Waals surface area contributed by atoms with Crippen molar-refractivity contribution in [3.63, 3.8) is 0 Å². The molecule has 3 aromatic carbocycles. The first-order chi connectivity index (χ1) is 20.0. The Bertz CT molecular complexity index is 1480. The van der Waals surface area contributed by atoms with Crippen LogP contribution in [-0.4, -0.2) is 24.3 Å². The van der Waals surface area contributed by atoms with Crippen molar-refractivity contribution in [1.29, 1.82) is 0 Å². The van der Waals surface area contributed by atoms with Gasteiger partial charge in [0.15, 0.2) is 0 Å². The fourth-order valence-corrected chi connectivity index (χ4v) is 4.73. The van der Waals surface area contributed by atoms with Crippen molar-refractivity contribution >= 4 is 5.82 Å². The van der Waals surface area contributed by atoms with E-state index in [4.69, 9.17) is 0 Å². The molecule has 43 heavy (non-hydrogen) atoms. The monoisotopic (exact) mass is 614 g/mol. The van der Waals surface area contributed by atoms with Gasteiger partial charge in [0.05, 0.1) is 5.56 Å². The van der Waals surface area contributed by atoms with Gasteiger partial charge in [-0.3, -0.25) is 0 Å². The lowest BCUT2D eigenvalue weighted by molar-refractivity contribution is -0.275. The summed E-state index contributed by atoms with van der Waals surface area (Å²) in [6.07, 6.45) is -14.8. The first kappa shape index (κ1) is 31.5. The Morgan fingerprint density at radius 2 is 1.16 bits per heavy atom. The quantitative estimate of drug-likeness (QED) is 0.191. The van der Waals surface area contributed by atoms with Gasteiger partial charge in [0, 0.05) is 17.7 Å². The number of nitrogens with zero attached hydrogens (tertiary/aromatic N) is 1. The zero-order valence-corrected chi connectivity index (χ0v) is 22.2. The molecule has 1 N–H and O–H groups in total. The molecule has 0 bridgehead atoms. The number of hydrogen-bond donors (Lipinski definition) is 1. The molecule has 1 heterocycles. The summed E-state index contributed by atoms with van der Waals surface area (Å²) in [5, 5.41) is 2.85. The fourth-order valence-electron chi connectivity index (χ4n) is 4.73. The Morgan fingerprint density at radius 1 is 0.628 bits per heavy atom. The number of aryl methyl sites for hydroxylation is 1. The maximum absolute atomic E-state index is 13.5. The van der Waals surface area contributed by atoms with Gasteiger partial charge in [0.2, 0.25) is 0 Å². The van der Waals surface area contributed by atoms with Gasteiger partial charge >= 0.3 is 18.9 Å². The minimum absolute atomic E-state index is 0.0102. The third-order valence-electron chi connectivity index (χ3n) is 6.44. The first-order valence-electron chi connectivity index (χ1n) is 12.6. The lowest BCUT2D eigenvalue weighted by atomic mass is 9.70. The molecule has 0 aliphatic rings. The van der Waals surface area contributed by atoms with Crippen LogP contribution in [0.4, 0.5) is 45.3 Å². The zero-order chi connectivity index (χ0) is 31.5. The maximum Gasteiger partial charge on any atom is 0.573 e. The van der Waals surface area contributed by atoms with E-state index in [0.717, 1.165) is 36.4 Å². The number of hydrogen-bond acceptors (Lipinski definition) is 4. The molecule has 0 radical (unpaired) electrons. The van der Waals surface area contributed by atoms with Gasteiger partial charge in [-0.1, -0.05) is 54.6 Å². The van der Waals surface area contributed by atoms with Crippen molar-refractivity contribution in [2.24, 2.45) is 0 Å². The summed E-state index contributed by atoms with van der Waals surface area (Å²) in [6.45, 7) is 1.05. The highest BCUT2D eigenvalue weighted by Crippen LogP contribution is 2.41. The standard InChI is InChI=1S/C30H23F9N2O2/c1-19-13-23(28(31,32)33)16-26(41-19)40-18-27(17-20-7-3-2-4-8-20,21-9-5-11-24(14-21)42-29(34,35)36)22-10-6-12-25(15-22)43-30(37,38)39/h2-16H,17-18H2,1H3,(H,40,41). The number of nitrogens with one attached hydrogen (secondary N) is 1. The molecule has 4 rings (SSSR count). The molecule has 0 saturated carbocycles. The zero-order valence-electron chi connectivity index (χ0n) is 22.2. The third kappa shape index (κ3) is 8.55. The summed E-state index contributed by atoms with van der Waals surface area (Å²) in [7, 11) is 0. The van der Waals surface area contributed by atoms with Crippen LogP contribution in [0.25, 0.3) is 0 Å². The number of anilines is 1. The number of pyridine rings is 1. The number of alkyl halides is 9. The topological polar surface area (TPSA) is 43.4 Å². The molecule has 1 aromatic heterocycles. The van der Waals surface area contributed by atoms with Crippen LogP contribution in [-0.2, 0) is 18.0 Å². The van der Waals surface area contributed by atoms with Crippen molar-refractivity contribution in [2.45, 2.75) is 37.7 Å². The van der Waals surface area contributed by atoms with E-state index in [9.17, 15) is 39.5 Å². The number of aromatic nitrogens is 1. The van der Waals surface area contributed by atoms with Gasteiger partial charge in [0.25, 0.3) is 0 Å². The predicted molar refractivity (Wildman–Crippen MR) is 140 cm³/mol. The second-order valence-corrected chi connectivity index (χ2v) is 9.63. The van der Waals surface area contributed by atoms with Gasteiger partial charge in [-0.15, -0.1) is 26.3 Å². The smallest absolute Gasteiger partial charge is 0.406 e. The Morgan fingerprint density at radius 3 is 1.65 bits per heavy atom. The summed E-state index contributed by atoms with van der Waals surface area (Å²) in [6, 6.07) is 19.9. The lowest BCUT2D eigenvalue weighted by Crippen LogP contribution is -2.38. The van der Waals surface area contributed by atoms with Crippen LogP contribution < -0.4 is 14.8 Å². The molecule has 13 heteroatoms. The van der Waals surface area contributed by atoms with Crippen LogP contribution in [0.3, 0.4) is 0 Å². The first-order valence-corrected chi connectivity index (χ1v) is 12.6. The molecule has 228 valence electrons. The molecule has 4 nitrogen and oxygen atoms in total. The highest BCUT2D eigenvalue weighted by Gasteiger charge is 2.39. The lowest BCUT2D eigenvalue weighted by Gasteiger charge is -2.36. The molecule has 0 aliphatic heterocycles. The van der Waals surface area contributed by atoms with E-state index >= 15 is 0 Å². The third-order valence-corrected chi connectivity index (χ3v) is 6.44. The van der Waals surface area contributed by atoms with Crippen LogP contribution in [0.15, 0.2) is 91.0 Å². The molecular weight excluding hydrogens is 591 g/mol. The molecule has 0 spiro atoms. The van der Waals surface area contributed by atoms with Crippen molar-refractivity contribution in [3.05, 3.63) is 119 Å². The molecule has 0 saturated heterocycles. The molecule has 0 amide bonds. The van der Waals surface area contributed by atoms with Crippen LogP contribution >= 0.6 is 0 Å². The minimum Gasteiger partial charge on any atom is -0.406 e. The van der Waals surface area contributed by atoms with Crippen LogP contribution in [0.1, 0.15) is 27.9 Å². The highest BCUT2D eigenvalue weighted by molar-refractivity contribution is 5.50. The Balaban J connectivity index is 1.92. The van der Waals surface area contributed by atoms with Crippen molar-refractivity contribution in [3.8, 4) is 11.5 Å². The van der Waals surface area contributed by atoms with E-state index in [0.29, 0.717) is 5.56 Å². The second kappa shape index (κ2) is 12.1. The molecule has 0 aliphatic carbocycles. The van der Waals surface area contributed by atoms with E-state index in [1.165, 1.54) is 31.2 Å². The predicted octanol–water partition coefficient (Wildman–Crippen LogP) is 8.85. The van der Waals surface area contributed by atoms with Crippen LogP contribution in [0, 0.1) is 6.92 Å². The summed E-state index contributed by atoms with van der Waals surface area (Å²) in [4.78, 5) is 4.12. The normalized spacial score (nSPS) is 12.6. The van der Waals surface area contributed by atoms with Gasteiger partial charge in [-0.25, -0.2) is 4.98 Å². The van der Waals surface area contributed by atoms with Crippen molar-refractivity contribution < 1.29 is 49.0 Å². The van der Waals surface area contributed by atoms with E-state index < -0.39 is 41.4 Å². The van der Waals surface area contributed by atoms with Gasteiger partial charge in [0.1, 0.15) is 17.3 Å². The maximum atomic E-state index is 13.5. The Kier molecular flexibility index (Phi) is 8.84. The summed E-state index contributed by atoms with van der Waals surface area (Å²) < 4.78 is 128. The Labute approximate surface area is 240 Å². The molecule has 0 fully saturated rings. The van der Waals surface area contributed by atoms with E-state index in [-0.39, 0.29) is 35.6 Å². The largest absolute Gasteiger partial charge is 0.573 e. The van der Waals surface area contributed by atoms with Gasteiger partial charge in [-0.05, 0) is 66.4 Å². The average Bonchev–Trinajstić information content (AvgIpc) is 2.89. The molecule has 0 unspecified atom stereocenters. The van der Waals surface area contributed by atoms with Crippen LogP contribution in [0.2, 0.25) is 0 Å². The van der Waals surface area contributed by atoms with Crippen molar-refractivity contribution in [1.82, 2.24) is 4.98 Å². The highest BCUT2D eigenvalue weighted by atomic mass is 19.4. The van der Waals surface area contributed by atoms with Crippen LogP contribution in [0.5, 0.6) is 11.5 Å². The summed E-state index contributed by atoms with van der Waals surface area (Å²) >= 11 is 0. The molecule has 0 atom stereocenters. The van der Waals surface area contributed by atoms with Gasteiger partial charge < -0.3 is 14.8 Å². The second-order valence-electron chi connectivity index (χ2n) is 9.63. The molecule has 4 aromatic rings. The summed E-state index contributed by atoms with van der Waals surface area (Å²) in [5.74, 6) is -1.40.